The maximum absolute atomic E-state index is 12.1. The van der Waals surface area contributed by atoms with Crippen LogP contribution in [-0.2, 0) is 4.79 Å². The van der Waals surface area contributed by atoms with Gasteiger partial charge in [0, 0.05) is 17.0 Å². The predicted octanol–water partition coefficient (Wildman–Crippen LogP) is 2.04. The van der Waals surface area contributed by atoms with E-state index in [0.717, 1.165) is 11.4 Å². The number of thioether (sulfide) groups is 2. The first-order chi connectivity index (χ1) is 9.95. The van der Waals surface area contributed by atoms with Gasteiger partial charge in [-0.2, -0.15) is 0 Å². The third-order valence-corrected chi connectivity index (χ3v) is 5.71. The molecule has 0 spiro atoms. The first kappa shape index (κ1) is 16.1. The van der Waals surface area contributed by atoms with Crippen molar-refractivity contribution in [1.29, 1.82) is 0 Å². The molecule has 0 unspecified atom stereocenters. The van der Waals surface area contributed by atoms with Crippen LogP contribution in [-0.4, -0.2) is 38.4 Å². The Morgan fingerprint density at radius 2 is 1.86 bits per heavy atom. The molecule has 0 atom stereocenters. The minimum absolute atomic E-state index is 0.0587. The Bertz CT molecular complexity index is 665. The van der Waals surface area contributed by atoms with Gasteiger partial charge in [0.2, 0.25) is 5.91 Å². The van der Waals surface area contributed by atoms with E-state index in [-0.39, 0.29) is 11.5 Å². The maximum Gasteiger partial charge on any atom is 0.227 e. The Kier molecular flexibility index (Phi) is 5.43. The normalized spacial score (nSPS) is 10.8. The van der Waals surface area contributed by atoms with Crippen LogP contribution in [0.1, 0.15) is 21.7 Å². The number of primary amides is 1. The molecule has 0 aromatic carbocycles. The molecule has 0 aliphatic heterocycles. The minimum Gasteiger partial charge on any atom is -0.369 e. The molecular weight excluding hydrogens is 328 g/mol. The molecule has 21 heavy (non-hydrogen) atoms. The predicted molar refractivity (Wildman–Crippen MR) is 85.1 cm³/mol. The number of ketones is 1. The van der Waals surface area contributed by atoms with Crippen LogP contribution in [0.15, 0.2) is 14.7 Å². The van der Waals surface area contributed by atoms with E-state index in [4.69, 9.17) is 5.73 Å². The zero-order valence-electron chi connectivity index (χ0n) is 11.5. The summed E-state index contributed by atoms with van der Waals surface area (Å²) in [5.74, 6) is 0.161. The molecule has 9 heteroatoms. The molecule has 3 N–H and O–H groups in total. The van der Waals surface area contributed by atoms with E-state index < -0.39 is 5.91 Å². The topological polar surface area (TPSA) is 102 Å². The summed E-state index contributed by atoms with van der Waals surface area (Å²) < 4.78 is 1.39. The second kappa shape index (κ2) is 7.10. The first-order valence-corrected chi connectivity index (χ1v) is 8.81. The van der Waals surface area contributed by atoms with Gasteiger partial charge in [-0.05, 0) is 19.9 Å². The highest BCUT2D eigenvalue weighted by Crippen LogP contribution is 2.29. The maximum atomic E-state index is 12.1. The van der Waals surface area contributed by atoms with Gasteiger partial charge in [-0.1, -0.05) is 34.9 Å². The SMILES string of the molecule is Cc1cc(C(=O)CSc2nnc(SCC(N)=O)s2)c(C)[nH]1. The summed E-state index contributed by atoms with van der Waals surface area (Å²) in [4.78, 5) is 25.9. The number of hydrogen-bond acceptors (Lipinski definition) is 7. The lowest BCUT2D eigenvalue weighted by Crippen LogP contribution is -2.12. The number of aromatic nitrogens is 3. The number of nitrogens with one attached hydrogen (secondary N) is 1. The van der Waals surface area contributed by atoms with Crippen molar-refractivity contribution < 1.29 is 9.59 Å². The second-order valence-corrected chi connectivity index (χ2v) is 7.71. The van der Waals surface area contributed by atoms with Crippen molar-refractivity contribution in [2.45, 2.75) is 22.5 Å². The van der Waals surface area contributed by atoms with Gasteiger partial charge in [-0.3, -0.25) is 9.59 Å². The quantitative estimate of drug-likeness (QED) is 0.590. The fraction of sp³-hybridized carbons (Fsp3) is 0.333. The third-order valence-electron chi connectivity index (χ3n) is 2.50. The molecule has 2 rings (SSSR count). The highest BCUT2D eigenvalue weighted by Gasteiger charge is 2.14. The lowest BCUT2D eigenvalue weighted by molar-refractivity contribution is -0.115. The molecule has 112 valence electrons. The Morgan fingerprint density at radius 1 is 1.24 bits per heavy atom. The second-order valence-electron chi connectivity index (χ2n) is 4.29. The largest absolute Gasteiger partial charge is 0.369 e. The Balaban J connectivity index is 1.89. The molecule has 0 saturated carbocycles. The number of rotatable bonds is 7. The summed E-state index contributed by atoms with van der Waals surface area (Å²) in [6.07, 6.45) is 0. The van der Waals surface area contributed by atoms with Crippen molar-refractivity contribution in [3.8, 4) is 0 Å². The lowest BCUT2D eigenvalue weighted by atomic mass is 10.2. The van der Waals surface area contributed by atoms with Crippen molar-refractivity contribution in [2.24, 2.45) is 5.73 Å². The van der Waals surface area contributed by atoms with Crippen LogP contribution in [0.25, 0.3) is 0 Å². The Hall–Kier alpha value is -1.32. The first-order valence-electron chi connectivity index (χ1n) is 6.02. The molecule has 0 radical (unpaired) electrons. The highest BCUT2D eigenvalue weighted by atomic mass is 32.2. The van der Waals surface area contributed by atoms with Crippen molar-refractivity contribution >= 4 is 46.6 Å². The van der Waals surface area contributed by atoms with Crippen LogP contribution in [0.3, 0.4) is 0 Å². The molecule has 0 bridgehead atoms. The number of carbonyl (C=O) groups excluding carboxylic acids is 2. The summed E-state index contributed by atoms with van der Waals surface area (Å²) in [7, 11) is 0. The molecule has 2 aromatic heterocycles. The van der Waals surface area contributed by atoms with Gasteiger partial charge in [0.15, 0.2) is 14.5 Å². The number of nitrogens with two attached hydrogens (primary N) is 1. The third kappa shape index (κ3) is 4.58. The van der Waals surface area contributed by atoms with Crippen LogP contribution in [0.5, 0.6) is 0 Å². The number of H-pyrrole nitrogens is 1. The summed E-state index contributed by atoms with van der Waals surface area (Å²) >= 11 is 3.96. The smallest absolute Gasteiger partial charge is 0.227 e. The van der Waals surface area contributed by atoms with E-state index in [1.165, 1.54) is 34.9 Å². The van der Waals surface area contributed by atoms with Crippen LogP contribution >= 0.6 is 34.9 Å². The van der Waals surface area contributed by atoms with Crippen LogP contribution in [0.4, 0.5) is 0 Å². The van der Waals surface area contributed by atoms with E-state index in [9.17, 15) is 9.59 Å². The Labute approximate surface area is 134 Å². The summed E-state index contributed by atoms with van der Waals surface area (Å²) in [6, 6.07) is 1.85. The number of aromatic amines is 1. The number of nitrogens with zero attached hydrogens (tertiary/aromatic N) is 2. The number of amides is 1. The highest BCUT2D eigenvalue weighted by molar-refractivity contribution is 8.03. The van der Waals surface area contributed by atoms with E-state index in [1.807, 2.05) is 19.9 Å². The summed E-state index contributed by atoms with van der Waals surface area (Å²) in [5, 5.41) is 7.93. The summed E-state index contributed by atoms with van der Waals surface area (Å²) in [5.41, 5.74) is 7.64. The Morgan fingerprint density at radius 3 is 2.38 bits per heavy atom. The zero-order valence-corrected chi connectivity index (χ0v) is 14.0. The minimum atomic E-state index is -0.391. The van der Waals surface area contributed by atoms with Crippen molar-refractivity contribution in [3.63, 3.8) is 0 Å². The van der Waals surface area contributed by atoms with Gasteiger partial charge in [0.1, 0.15) is 0 Å². The van der Waals surface area contributed by atoms with E-state index >= 15 is 0 Å². The van der Waals surface area contributed by atoms with Crippen molar-refractivity contribution in [3.05, 3.63) is 23.0 Å². The fourth-order valence-corrected chi connectivity index (χ4v) is 4.31. The van der Waals surface area contributed by atoms with Crippen molar-refractivity contribution in [1.82, 2.24) is 15.2 Å². The van der Waals surface area contributed by atoms with Crippen LogP contribution < -0.4 is 5.73 Å². The molecule has 0 aliphatic carbocycles. The number of hydrogen-bond donors (Lipinski definition) is 2. The lowest BCUT2D eigenvalue weighted by Gasteiger charge is -1.97. The number of carbonyl (C=O) groups is 2. The van der Waals surface area contributed by atoms with E-state index in [2.05, 4.69) is 15.2 Å². The molecular formula is C12H14N4O2S3. The molecule has 6 nitrogen and oxygen atoms in total. The van der Waals surface area contributed by atoms with Gasteiger partial charge in [-0.25, -0.2) is 0 Å². The van der Waals surface area contributed by atoms with Crippen molar-refractivity contribution in [2.75, 3.05) is 11.5 Å². The monoisotopic (exact) mass is 342 g/mol. The zero-order chi connectivity index (χ0) is 15.4. The molecule has 0 fully saturated rings. The van der Waals surface area contributed by atoms with Gasteiger partial charge in [0.25, 0.3) is 0 Å². The van der Waals surface area contributed by atoms with E-state index in [0.29, 0.717) is 20.0 Å². The van der Waals surface area contributed by atoms with Crippen LogP contribution in [0.2, 0.25) is 0 Å². The summed E-state index contributed by atoms with van der Waals surface area (Å²) in [6.45, 7) is 3.80. The fourth-order valence-electron chi connectivity index (χ4n) is 1.67. The molecule has 0 saturated heterocycles. The number of aryl methyl sites for hydroxylation is 2. The standard InChI is InChI=1S/C12H14N4O2S3/c1-6-3-8(7(2)14-6)9(17)4-19-11-15-16-12(21-11)20-5-10(13)18/h3,14H,4-5H2,1-2H3,(H2,13,18). The average molecular weight is 342 g/mol. The van der Waals surface area contributed by atoms with Gasteiger partial charge < -0.3 is 10.7 Å². The van der Waals surface area contributed by atoms with E-state index in [1.54, 1.807) is 0 Å². The molecule has 1 amide bonds. The molecule has 2 aromatic rings. The van der Waals surface area contributed by atoms with Gasteiger partial charge >= 0.3 is 0 Å². The average Bonchev–Trinajstić information content (AvgIpc) is 3.00. The van der Waals surface area contributed by atoms with Crippen LogP contribution in [0, 0.1) is 13.8 Å². The van der Waals surface area contributed by atoms with Gasteiger partial charge in [0.05, 0.1) is 11.5 Å². The van der Waals surface area contributed by atoms with Gasteiger partial charge in [-0.15, -0.1) is 10.2 Å². The molecule has 2 heterocycles. The molecule has 0 aliphatic rings. The number of Topliss-reactive ketones (excluding diaryl/α,β-unsaturated/α-hetero) is 1.